The average molecular weight is 431 g/mol. The molecule has 0 unspecified atom stereocenters. The van der Waals surface area contributed by atoms with Gasteiger partial charge in [-0.05, 0) is 6.07 Å². The summed E-state index contributed by atoms with van der Waals surface area (Å²) in [6.45, 7) is 5.60. The summed E-state index contributed by atoms with van der Waals surface area (Å²) >= 11 is 0.654. The van der Waals surface area contributed by atoms with Gasteiger partial charge in [0.25, 0.3) is 16.0 Å². The Hall–Kier alpha value is -2.47. The zero-order valence-electron chi connectivity index (χ0n) is 15.0. The van der Waals surface area contributed by atoms with E-state index >= 15 is 0 Å². The van der Waals surface area contributed by atoms with Crippen molar-refractivity contribution in [1.82, 2.24) is 19.7 Å². The average Bonchev–Trinajstić information content (AvgIpc) is 3.21. The third-order valence-corrected chi connectivity index (χ3v) is 5.97. The Labute approximate surface area is 163 Å². The van der Waals surface area contributed by atoms with E-state index in [1.807, 2.05) is 20.8 Å². The second-order valence-corrected chi connectivity index (χ2v) is 9.27. The van der Waals surface area contributed by atoms with Crippen molar-refractivity contribution in [2.24, 2.45) is 0 Å². The maximum Gasteiger partial charge on any atom is 0.418 e. The molecule has 0 aromatic carbocycles. The van der Waals surface area contributed by atoms with Crippen LogP contribution in [-0.2, 0) is 21.6 Å². The number of nitrogens with one attached hydrogen (secondary N) is 1. The van der Waals surface area contributed by atoms with E-state index in [1.165, 1.54) is 18.5 Å². The molecule has 28 heavy (non-hydrogen) atoms. The largest absolute Gasteiger partial charge is 0.418 e. The third-order valence-electron chi connectivity index (χ3n) is 3.68. The zero-order valence-corrected chi connectivity index (χ0v) is 16.7. The van der Waals surface area contributed by atoms with Gasteiger partial charge in [0.05, 0.1) is 11.3 Å². The van der Waals surface area contributed by atoms with Crippen LogP contribution in [0.4, 0.5) is 19.0 Å². The summed E-state index contributed by atoms with van der Waals surface area (Å²) in [5, 5.41) is 6.03. The number of anilines is 1. The molecule has 12 heteroatoms. The van der Waals surface area contributed by atoms with Gasteiger partial charge in [-0.2, -0.15) is 34.3 Å². The lowest BCUT2D eigenvalue weighted by atomic mass is 9.92. The molecule has 7 nitrogen and oxygen atoms in total. The van der Waals surface area contributed by atoms with E-state index in [4.69, 9.17) is 0 Å². The van der Waals surface area contributed by atoms with Gasteiger partial charge in [0.15, 0.2) is 0 Å². The molecule has 3 heterocycles. The quantitative estimate of drug-likeness (QED) is 0.678. The third kappa shape index (κ3) is 4.02. The number of thiophene rings is 1. The molecular weight excluding hydrogens is 415 g/mol. The summed E-state index contributed by atoms with van der Waals surface area (Å²) in [5.74, 6) is 0.0208. The van der Waals surface area contributed by atoms with E-state index in [0.29, 0.717) is 17.0 Å². The van der Waals surface area contributed by atoms with Crippen LogP contribution in [-0.4, -0.2) is 28.2 Å². The highest BCUT2D eigenvalue weighted by Gasteiger charge is 2.38. The van der Waals surface area contributed by atoms with Gasteiger partial charge in [-0.1, -0.05) is 20.8 Å². The molecule has 0 spiro atoms. The topological polar surface area (TPSA) is 89.8 Å². The lowest BCUT2D eigenvalue weighted by molar-refractivity contribution is -0.139. The number of hydrogen-bond donors (Lipinski definition) is 1. The molecule has 3 aromatic heterocycles. The van der Waals surface area contributed by atoms with Gasteiger partial charge in [0, 0.05) is 34.6 Å². The first kappa shape index (κ1) is 20.3. The number of alkyl halides is 3. The number of sulfonamides is 1. The number of rotatable bonds is 4. The summed E-state index contributed by atoms with van der Waals surface area (Å²) in [6, 6.07) is 3.02. The van der Waals surface area contributed by atoms with E-state index < -0.39 is 32.1 Å². The van der Waals surface area contributed by atoms with Crippen molar-refractivity contribution < 1.29 is 21.6 Å². The highest BCUT2D eigenvalue weighted by Crippen LogP contribution is 2.37. The Morgan fingerprint density at radius 2 is 1.75 bits per heavy atom. The van der Waals surface area contributed by atoms with Crippen LogP contribution in [0.2, 0.25) is 0 Å². The van der Waals surface area contributed by atoms with Gasteiger partial charge >= 0.3 is 6.18 Å². The molecule has 0 bridgehead atoms. The Bertz CT molecular complexity index is 1080. The maximum absolute atomic E-state index is 13.1. The smallest absolute Gasteiger partial charge is 0.263 e. The zero-order chi connectivity index (χ0) is 20.7. The van der Waals surface area contributed by atoms with Crippen LogP contribution in [0.5, 0.6) is 0 Å². The fraction of sp³-hybridized carbons (Fsp3) is 0.312. The molecule has 3 aromatic rings. The minimum absolute atomic E-state index is 0.0598. The number of halogens is 3. The van der Waals surface area contributed by atoms with Crippen LogP contribution >= 0.6 is 11.3 Å². The molecule has 0 atom stereocenters. The minimum Gasteiger partial charge on any atom is -0.263 e. The molecule has 0 amide bonds. The van der Waals surface area contributed by atoms with Crippen molar-refractivity contribution in [3.8, 4) is 5.95 Å². The molecule has 0 saturated carbocycles. The monoisotopic (exact) mass is 431 g/mol. The first-order valence-electron chi connectivity index (χ1n) is 7.94. The molecule has 0 fully saturated rings. The van der Waals surface area contributed by atoms with Crippen molar-refractivity contribution >= 4 is 27.2 Å². The highest BCUT2D eigenvalue weighted by molar-refractivity contribution is 7.92. The van der Waals surface area contributed by atoms with Crippen LogP contribution in [0.25, 0.3) is 5.95 Å². The van der Waals surface area contributed by atoms with Gasteiger partial charge in [0.1, 0.15) is 10.7 Å². The first-order valence-corrected chi connectivity index (χ1v) is 10.4. The van der Waals surface area contributed by atoms with Crippen LogP contribution in [0.3, 0.4) is 0 Å². The van der Waals surface area contributed by atoms with E-state index in [0.717, 1.165) is 15.4 Å². The summed E-state index contributed by atoms with van der Waals surface area (Å²) in [5.41, 5.74) is -1.15. The SMILES string of the molecule is CC(C)(C)c1cc(NS(=O)(=O)c2cscc2C(F)(F)F)n(-c2ncccn2)n1. The van der Waals surface area contributed by atoms with E-state index in [2.05, 4.69) is 19.8 Å². The second kappa shape index (κ2) is 6.85. The summed E-state index contributed by atoms with van der Waals surface area (Å²) in [6.07, 6.45) is -1.90. The fourth-order valence-corrected chi connectivity index (χ4v) is 4.72. The molecule has 3 rings (SSSR count). The Balaban J connectivity index is 2.09. The lowest BCUT2D eigenvalue weighted by Crippen LogP contribution is -2.19. The summed E-state index contributed by atoms with van der Waals surface area (Å²) in [7, 11) is -4.52. The molecular formula is C16H16F3N5O2S2. The van der Waals surface area contributed by atoms with Gasteiger partial charge in [-0.15, -0.1) is 0 Å². The van der Waals surface area contributed by atoms with Gasteiger partial charge in [0.2, 0.25) is 0 Å². The molecule has 150 valence electrons. The Morgan fingerprint density at radius 1 is 1.11 bits per heavy atom. The first-order chi connectivity index (χ1) is 12.9. The van der Waals surface area contributed by atoms with Gasteiger partial charge in [-0.3, -0.25) is 4.72 Å². The molecule has 0 aliphatic rings. The Morgan fingerprint density at radius 3 is 2.32 bits per heavy atom. The number of hydrogen-bond acceptors (Lipinski definition) is 6. The molecule has 0 radical (unpaired) electrons. The molecule has 0 aliphatic heterocycles. The number of nitrogens with zero attached hydrogens (tertiary/aromatic N) is 4. The van der Waals surface area contributed by atoms with Gasteiger partial charge < -0.3 is 0 Å². The molecule has 0 aliphatic carbocycles. The van der Waals surface area contributed by atoms with Crippen LogP contribution in [0.15, 0.2) is 40.2 Å². The molecule has 0 saturated heterocycles. The standard InChI is InChI=1S/C16H16F3N5O2S2/c1-15(2,3)12-7-13(24(22-12)14-20-5-4-6-21-14)23-28(25,26)11-9-27-8-10(11)16(17,18)19/h4-9,23H,1-3H3. The van der Waals surface area contributed by atoms with Crippen molar-refractivity contribution in [2.75, 3.05) is 4.72 Å². The maximum atomic E-state index is 13.1. The highest BCUT2D eigenvalue weighted by atomic mass is 32.2. The van der Waals surface area contributed by atoms with Crippen molar-refractivity contribution in [3.63, 3.8) is 0 Å². The molecule has 1 N–H and O–H groups in total. The van der Waals surface area contributed by atoms with Gasteiger partial charge in [-0.25, -0.2) is 18.4 Å². The Kier molecular flexibility index (Phi) is 4.96. The fourth-order valence-electron chi connectivity index (χ4n) is 2.27. The van der Waals surface area contributed by atoms with Crippen molar-refractivity contribution in [2.45, 2.75) is 37.3 Å². The normalized spacial score (nSPS) is 12.9. The van der Waals surface area contributed by atoms with Crippen LogP contribution in [0, 0.1) is 0 Å². The predicted octanol–water partition coefficient (Wildman–Crippen LogP) is 3.84. The van der Waals surface area contributed by atoms with E-state index in [9.17, 15) is 21.6 Å². The van der Waals surface area contributed by atoms with Crippen molar-refractivity contribution in [3.05, 3.63) is 46.5 Å². The second-order valence-electron chi connectivity index (χ2n) is 6.88. The van der Waals surface area contributed by atoms with Crippen LogP contribution < -0.4 is 4.72 Å². The van der Waals surface area contributed by atoms with E-state index in [1.54, 1.807) is 6.07 Å². The lowest BCUT2D eigenvalue weighted by Gasteiger charge is -2.13. The summed E-state index contributed by atoms with van der Waals surface area (Å²) in [4.78, 5) is 7.22. The van der Waals surface area contributed by atoms with E-state index in [-0.39, 0.29) is 11.8 Å². The number of aromatic nitrogens is 4. The van der Waals surface area contributed by atoms with Crippen molar-refractivity contribution in [1.29, 1.82) is 0 Å². The summed E-state index contributed by atoms with van der Waals surface area (Å²) < 4.78 is 68.1. The minimum atomic E-state index is -4.79. The predicted molar refractivity (Wildman–Crippen MR) is 98.0 cm³/mol. The van der Waals surface area contributed by atoms with Crippen LogP contribution in [0.1, 0.15) is 32.0 Å².